The van der Waals surface area contributed by atoms with Gasteiger partial charge in [-0.2, -0.15) is 0 Å². The third-order valence-corrected chi connectivity index (χ3v) is 2.70. The molecule has 1 amide bonds. The number of amides is 1. The topological polar surface area (TPSA) is 49.8 Å². The van der Waals surface area contributed by atoms with Crippen LogP contribution in [0.1, 0.15) is 6.42 Å². The summed E-state index contributed by atoms with van der Waals surface area (Å²) in [7, 11) is 0. The van der Waals surface area contributed by atoms with E-state index in [4.69, 9.17) is 21.4 Å². The lowest BCUT2D eigenvalue weighted by atomic mass is 10.3. The van der Waals surface area contributed by atoms with Gasteiger partial charge in [0.1, 0.15) is 5.75 Å². The summed E-state index contributed by atoms with van der Waals surface area (Å²) in [4.78, 5) is 12.6. The zero-order valence-corrected chi connectivity index (χ0v) is 11.5. The molecule has 0 aliphatic heterocycles. The van der Waals surface area contributed by atoms with Crippen LogP contribution in [0.25, 0.3) is 0 Å². The highest BCUT2D eigenvalue weighted by Crippen LogP contribution is 2.17. The van der Waals surface area contributed by atoms with Gasteiger partial charge < -0.3 is 14.7 Å². The number of rotatable bonds is 8. The molecule has 0 unspecified atom stereocenters. The highest BCUT2D eigenvalue weighted by molar-refractivity contribution is 6.30. The second-order valence-electron chi connectivity index (χ2n) is 4.01. The minimum absolute atomic E-state index is 0.0424. The van der Waals surface area contributed by atoms with E-state index in [9.17, 15) is 13.6 Å². The van der Waals surface area contributed by atoms with E-state index >= 15 is 0 Å². The number of aliphatic hydroxyl groups excluding tert-OH is 1. The van der Waals surface area contributed by atoms with Crippen molar-refractivity contribution in [3.8, 4) is 5.75 Å². The van der Waals surface area contributed by atoms with E-state index in [0.717, 1.165) is 4.90 Å². The molecule has 0 fully saturated rings. The van der Waals surface area contributed by atoms with Crippen molar-refractivity contribution >= 4 is 17.5 Å². The van der Waals surface area contributed by atoms with Gasteiger partial charge in [-0.05, 0) is 18.2 Å². The van der Waals surface area contributed by atoms with Gasteiger partial charge in [-0.15, -0.1) is 0 Å². The summed E-state index contributed by atoms with van der Waals surface area (Å²) in [5.41, 5.74) is 0. The molecule has 1 aromatic rings. The Morgan fingerprint density at radius 1 is 1.45 bits per heavy atom. The van der Waals surface area contributed by atoms with Crippen LogP contribution in [0.5, 0.6) is 5.75 Å². The summed E-state index contributed by atoms with van der Waals surface area (Å²) in [5, 5.41) is 9.26. The molecule has 0 saturated carbocycles. The third kappa shape index (κ3) is 6.16. The first-order valence-corrected chi connectivity index (χ1v) is 6.46. The Bertz CT molecular complexity index is 432. The van der Waals surface area contributed by atoms with Crippen molar-refractivity contribution < 1.29 is 23.4 Å². The van der Waals surface area contributed by atoms with Crippen molar-refractivity contribution in [3.63, 3.8) is 0 Å². The highest BCUT2D eigenvalue weighted by atomic mass is 35.5. The molecule has 0 aliphatic carbocycles. The first kappa shape index (κ1) is 16.7. The van der Waals surface area contributed by atoms with E-state index in [2.05, 4.69) is 0 Å². The van der Waals surface area contributed by atoms with Gasteiger partial charge in [-0.3, -0.25) is 4.79 Å². The van der Waals surface area contributed by atoms with E-state index in [1.807, 2.05) is 0 Å². The Morgan fingerprint density at radius 2 is 2.20 bits per heavy atom. The van der Waals surface area contributed by atoms with Crippen LogP contribution < -0.4 is 4.74 Å². The molecule has 7 heteroatoms. The van der Waals surface area contributed by atoms with E-state index in [-0.39, 0.29) is 26.2 Å². The number of alkyl halides is 2. The highest BCUT2D eigenvalue weighted by Gasteiger charge is 2.17. The monoisotopic (exact) mass is 307 g/mol. The van der Waals surface area contributed by atoms with Crippen LogP contribution in [0.2, 0.25) is 5.02 Å². The first-order valence-electron chi connectivity index (χ1n) is 6.08. The normalized spacial score (nSPS) is 10.7. The van der Waals surface area contributed by atoms with Crippen LogP contribution in [0, 0.1) is 0 Å². The van der Waals surface area contributed by atoms with Gasteiger partial charge in [-0.25, -0.2) is 8.78 Å². The van der Waals surface area contributed by atoms with Crippen molar-refractivity contribution in [2.75, 3.05) is 26.3 Å². The van der Waals surface area contributed by atoms with Gasteiger partial charge in [0.15, 0.2) is 0 Å². The maximum absolute atomic E-state index is 12.3. The number of hydrogen-bond donors (Lipinski definition) is 1. The second kappa shape index (κ2) is 8.71. The molecule has 0 aromatic heterocycles. The molecule has 20 heavy (non-hydrogen) atoms. The van der Waals surface area contributed by atoms with Gasteiger partial charge in [0.2, 0.25) is 5.91 Å². The molecule has 112 valence electrons. The summed E-state index contributed by atoms with van der Waals surface area (Å²) >= 11 is 5.77. The molecule has 0 bridgehead atoms. The van der Waals surface area contributed by atoms with Crippen molar-refractivity contribution in [3.05, 3.63) is 29.3 Å². The van der Waals surface area contributed by atoms with E-state index < -0.39 is 18.9 Å². The lowest BCUT2D eigenvalue weighted by Gasteiger charge is -2.21. The quantitative estimate of drug-likeness (QED) is 0.801. The summed E-state index contributed by atoms with van der Waals surface area (Å²) < 4.78 is 29.9. The molecule has 0 spiro atoms. The Morgan fingerprint density at radius 3 is 2.80 bits per heavy atom. The summed E-state index contributed by atoms with van der Waals surface area (Å²) in [6.07, 6.45) is -2.67. The number of carbonyl (C=O) groups is 1. The lowest BCUT2D eigenvalue weighted by molar-refractivity contribution is -0.134. The predicted octanol–water partition coefficient (Wildman–Crippen LogP) is 2.19. The SMILES string of the molecule is O=C(CCOc1cccc(Cl)c1)N(CCO)CC(F)F. The summed E-state index contributed by atoms with van der Waals surface area (Å²) in [6, 6.07) is 6.66. The van der Waals surface area contributed by atoms with Crippen LogP contribution in [-0.4, -0.2) is 48.6 Å². The molecule has 0 atom stereocenters. The molecule has 4 nitrogen and oxygen atoms in total. The standard InChI is InChI=1S/C13H16ClF2NO3/c14-10-2-1-3-11(8-10)20-7-4-13(19)17(5-6-18)9-12(15)16/h1-3,8,12,18H,4-7,9H2. The Hall–Kier alpha value is -1.40. The van der Waals surface area contributed by atoms with Crippen molar-refractivity contribution in [1.82, 2.24) is 4.90 Å². The fourth-order valence-corrected chi connectivity index (χ4v) is 1.76. The molecular formula is C13H16ClF2NO3. The Labute approximate surface area is 120 Å². The molecule has 1 aromatic carbocycles. The maximum atomic E-state index is 12.3. The van der Waals surface area contributed by atoms with Crippen molar-refractivity contribution in [1.29, 1.82) is 0 Å². The molecular weight excluding hydrogens is 292 g/mol. The first-order chi connectivity index (χ1) is 9.52. The van der Waals surface area contributed by atoms with E-state index in [0.29, 0.717) is 10.8 Å². The van der Waals surface area contributed by atoms with E-state index in [1.165, 1.54) is 0 Å². The fourth-order valence-electron chi connectivity index (χ4n) is 1.58. The zero-order valence-electron chi connectivity index (χ0n) is 10.8. The Kier molecular flexibility index (Phi) is 7.25. The summed E-state index contributed by atoms with van der Waals surface area (Å²) in [6.45, 7) is -1.09. The zero-order chi connectivity index (χ0) is 15.0. The average molecular weight is 308 g/mol. The Balaban J connectivity index is 2.40. The molecule has 1 N–H and O–H groups in total. The van der Waals surface area contributed by atoms with Gasteiger partial charge in [0.25, 0.3) is 6.43 Å². The third-order valence-electron chi connectivity index (χ3n) is 2.46. The van der Waals surface area contributed by atoms with Crippen molar-refractivity contribution in [2.24, 2.45) is 0 Å². The minimum atomic E-state index is -2.63. The van der Waals surface area contributed by atoms with Gasteiger partial charge in [-0.1, -0.05) is 17.7 Å². The van der Waals surface area contributed by atoms with Gasteiger partial charge >= 0.3 is 0 Å². The van der Waals surface area contributed by atoms with Crippen molar-refractivity contribution in [2.45, 2.75) is 12.8 Å². The van der Waals surface area contributed by atoms with Crippen LogP contribution >= 0.6 is 11.6 Å². The second-order valence-corrected chi connectivity index (χ2v) is 4.45. The smallest absolute Gasteiger partial charge is 0.255 e. The maximum Gasteiger partial charge on any atom is 0.255 e. The van der Waals surface area contributed by atoms with Gasteiger partial charge in [0.05, 0.1) is 26.2 Å². The number of carbonyl (C=O) groups excluding carboxylic acids is 1. The average Bonchev–Trinajstić information content (AvgIpc) is 2.37. The number of hydrogen-bond acceptors (Lipinski definition) is 3. The minimum Gasteiger partial charge on any atom is -0.493 e. The number of aliphatic hydroxyl groups is 1. The van der Waals surface area contributed by atoms with Crippen LogP contribution in [0.3, 0.4) is 0 Å². The number of ether oxygens (including phenoxy) is 1. The predicted molar refractivity (Wildman–Crippen MR) is 71.2 cm³/mol. The summed E-state index contributed by atoms with van der Waals surface area (Å²) in [5.74, 6) is 0.0224. The van der Waals surface area contributed by atoms with Crippen LogP contribution in [0.15, 0.2) is 24.3 Å². The molecule has 0 saturated heterocycles. The lowest BCUT2D eigenvalue weighted by Crippen LogP contribution is -2.37. The molecule has 0 heterocycles. The van der Waals surface area contributed by atoms with Gasteiger partial charge in [0, 0.05) is 11.6 Å². The molecule has 0 aliphatic rings. The number of nitrogens with zero attached hydrogens (tertiary/aromatic N) is 1. The largest absolute Gasteiger partial charge is 0.493 e. The van der Waals surface area contributed by atoms with E-state index in [1.54, 1.807) is 24.3 Å². The molecule has 1 rings (SSSR count). The molecule has 0 radical (unpaired) electrons. The fraction of sp³-hybridized carbons (Fsp3) is 0.462. The van der Waals surface area contributed by atoms with Crippen LogP contribution in [0.4, 0.5) is 8.78 Å². The number of halogens is 3. The number of benzene rings is 1. The van der Waals surface area contributed by atoms with Crippen LogP contribution in [-0.2, 0) is 4.79 Å².